The number of phenolic OH excluding ortho intramolecular Hbond substituents is 1. The maximum atomic E-state index is 13.1. The molecule has 14 heteroatoms. The minimum atomic E-state index is -1.38. The van der Waals surface area contributed by atoms with Crippen LogP contribution in [-0.4, -0.2) is 87.7 Å². The van der Waals surface area contributed by atoms with E-state index in [1.165, 1.54) is 36.0 Å². The van der Waals surface area contributed by atoms with E-state index >= 15 is 0 Å². The summed E-state index contributed by atoms with van der Waals surface area (Å²) in [5, 5.41) is 35.6. The predicted octanol–water partition coefficient (Wildman–Crippen LogP) is -0.452. The van der Waals surface area contributed by atoms with Crippen LogP contribution in [0.1, 0.15) is 44.1 Å². The van der Waals surface area contributed by atoms with Gasteiger partial charge in [-0.25, -0.2) is 4.79 Å². The zero-order valence-electron chi connectivity index (χ0n) is 21.9. The number of carbonyl (C=O) groups excluding carboxylic acids is 3. The van der Waals surface area contributed by atoms with Crippen molar-refractivity contribution >= 4 is 41.4 Å². The molecule has 0 aliphatic carbocycles. The van der Waals surface area contributed by atoms with Crippen molar-refractivity contribution < 1.29 is 39.3 Å². The second kappa shape index (κ2) is 18.0. The number of nitrogens with two attached hydrogens (primary N) is 2. The third-order valence-corrected chi connectivity index (χ3v) is 6.46. The van der Waals surface area contributed by atoms with Gasteiger partial charge in [0, 0.05) is 12.8 Å². The number of carboxylic acid groups (broad SMARTS) is 2. The molecule has 0 aliphatic heterocycles. The van der Waals surface area contributed by atoms with Gasteiger partial charge in [-0.1, -0.05) is 18.6 Å². The molecule has 0 saturated heterocycles. The van der Waals surface area contributed by atoms with E-state index in [9.17, 15) is 34.2 Å². The number of carbonyl (C=O) groups is 5. The van der Waals surface area contributed by atoms with Crippen molar-refractivity contribution in [1.82, 2.24) is 16.0 Å². The molecule has 13 nitrogen and oxygen atoms in total. The summed E-state index contributed by atoms with van der Waals surface area (Å²) in [5.74, 6) is -4.21. The van der Waals surface area contributed by atoms with Crippen LogP contribution in [0.3, 0.4) is 0 Å². The molecule has 0 aliphatic rings. The fraction of sp³-hybridized carbons (Fsp3) is 0.560. The number of benzene rings is 1. The van der Waals surface area contributed by atoms with Crippen molar-refractivity contribution in [1.29, 1.82) is 0 Å². The number of unbranched alkanes of at least 4 members (excludes halogenated alkanes) is 1. The zero-order valence-corrected chi connectivity index (χ0v) is 22.7. The molecular formula is C25H39N5O8S. The van der Waals surface area contributed by atoms with E-state index in [4.69, 9.17) is 16.6 Å². The quantitative estimate of drug-likeness (QED) is 0.0993. The largest absolute Gasteiger partial charge is 0.508 e. The van der Waals surface area contributed by atoms with E-state index in [1.807, 2.05) is 6.26 Å². The third kappa shape index (κ3) is 13.3. The number of amides is 3. The highest BCUT2D eigenvalue weighted by Gasteiger charge is 2.30. The lowest BCUT2D eigenvalue weighted by atomic mass is 10.0. The molecule has 10 N–H and O–H groups in total. The van der Waals surface area contributed by atoms with Crippen LogP contribution in [-0.2, 0) is 30.4 Å². The van der Waals surface area contributed by atoms with Gasteiger partial charge in [-0.15, -0.1) is 0 Å². The summed E-state index contributed by atoms with van der Waals surface area (Å²) in [7, 11) is 0. The fourth-order valence-electron chi connectivity index (χ4n) is 3.57. The number of thioether (sulfide) groups is 1. The third-order valence-electron chi connectivity index (χ3n) is 5.82. The van der Waals surface area contributed by atoms with Crippen LogP contribution >= 0.6 is 11.8 Å². The summed E-state index contributed by atoms with van der Waals surface area (Å²) in [4.78, 5) is 61.7. The number of aromatic hydroxyl groups is 1. The van der Waals surface area contributed by atoms with Crippen molar-refractivity contribution in [3.63, 3.8) is 0 Å². The summed E-state index contributed by atoms with van der Waals surface area (Å²) >= 11 is 1.44. The average molecular weight is 570 g/mol. The van der Waals surface area contributed by atoms with Gasteiger partial charge in [-0.2, -0.15) is 11.8 Å². The van der Waals surface area contributed by atoms with Crippen molar-refractivity contribution in [3.05, 3.63) is 29.8 Å². The summed E-state index contributed by atoms with van der Waals surface area (Å²) in [6, 6.07) is 1.09. The van der Waals surface area contributed by atoms with Crippen LogP contribution in [0.4, 0.5) is 0 Å². The number of phenols is 1. The minimum absolute atomic E-state index is 0.00857. The van der Waals surface area contributed by atoms with Gasteiger partial charge in [-0.3, -0.25) is 19.2 Å². The normalized spacial score (nSPS) is 13.9. The number of aliphatic carboxylic acids is 2. The van der Waals surface area contributed by atoms with Gasteiger partial charge >= 0.3 is 11.9 Å². The molecule has 0 aromatic heterocycles. The van der Waals surface area contributed by atoms with Gasteiger partial charge in [0.2, 0.25) is 17.7 Å². The van der Waals surface area contributed by atoms with Crippen molar-refractivity contribution in [3.8, 4) is 5.75 Å². The van der Waals surface area contributed by atoms with Gasteiger partial charge in [0.05, 0.1) is 6.04 Å². The highest BCUT2D eigenvalue weighted by atomic mass is 32.2. The van der Waals surface area contributed by atoms with Crippen LogP contribution in [0.15, 0.2) is 24.3 Å². The first-order valence-electron chi connectivity index (χ1n) is 12.6. The Hall–Kier alpha value is -3.36. The lowest BCUT2D eigenvalue weighted by molar-refractivity contribution is -0.143. The van der Waals surface area contributed by atoms with E-state index in [2.05, 4.69) is 16.0 Å². The molecule has 4 unspecified atom stereocenters. The lowest BCUT2D eigenvalue weighted by Gasteiger charge is -2.25. The van der Waals surface area contributed by atoms with Gasteiger partial charge in [0.25, 0.3) is 0 Å². The monoisotopic (exact) mass is 569 g/mol. The molecule has 0 radical (unpaired) electrons. The predicted molar refractivity (Wildman–Crippen MR) is 146 cm³/mol. The first-order chi connectivity index (χ1) is 18.5. The van der Waals surface area contributed by atoms with E-state index in [-0.39, 0.29) is 25.0 Å². The van der Waals surface area contributed by atoms with E-state index in [1.54, 1.807) is 0 Å². The van der Waals surface area contributed by atoms with E-state index in [0.29, 0.717) is 37.1 Å². The number of hydrogen-bond acceptors (Lipinski definition) is 9. The summed E-state index contributed by atoms with van der Waals surface area (Å²) < 4.78 is 0. The zero-order chi connectivity index (χ0) is 29.4. The number of rotatable bonds is 19. The maximum Gasteiger partial charge on any atom is 0.326 e. The average Bonchev–Trinajstić information content (AvgIpc) is 2.89. The molecule has 3 amide bonds. The van der Waals surface area contributed by atoms with Crippen LogP contribution in [0.5, 0.6) is 5.75 Å². The Morgan fingerprint density at radius 2 is 1.41 bits per heavy atom. The van der Waals surface area contributed by atoms with Crippen LogP contribution in [0.2, 0.25) is 0 Å². The van der Waals surface area contributed by atoms with Crippen LogP contribution < -0.4 is 27.4 Å². The van der Waals surface area contributed by atoms with Crippen molar-refractivity contribution in [2.24, 2.45) is 11.5 Å². The molecule has 4 atom stereocenters. The van der Waals surface area contributed by atoms with E-state index in [0.717, 1.165) is 0 Å². The van der Waals surface area contributed by atoms with Gasteiger partial charge < -0.3 is 42.7 Å². The summed E-state index contributed by atoms with van der Waals surface area (Å²) in [6.45, 7) is 0.463. The second-order valence-electron chi connectivity index (χ2n) is 9.00. The molecule has 0 heterocycles. The SMILES string of the molecule is CSCCC(NC(=O)C(N)CCCCN)C(=O)NC(CCC(=O)O)C(=O)NC(Cc1ccc(O)cc1)C(=O)O. The Labute approximate surface area is 231 Å². The summed E-state index contributed by atoms with van der Waals surface area (Å²) in [6.07, 6.45) is 2.86. The molecule has 0 saturated carbocycles. The highest BCUT2D eigenvalue weighted by molar-refractivity contribution is 7.98. The van der Waals surface area contributed by atoms with Gasteiger partial charge in [-0.05, 0) is 61.9 Å². The Kier molecular flexibility index (Phi) is 15.6. The Morgan fingerprint density at radius 3 is 1.95 bits per heavy atom. The molecule has 39 heavy (non-hydrogen) atoms. The molecule has 218 valence electrons. The Bertz CT molecular complexity index is 962. The lowest BCUT2D eigenvalue weighted by Crippen LogP contribution is -2.57. The smallest absolute Gasteiger partial charge is 0.326 e. The van der Waals surface area contributed by atoms with Gasteiger partial charge in [0.15, 0.2) is 0 Å². The van der Waals surface area contributed by atoms with E-state index < -0.39 is 60.2 Å². The molecule has 1 aromatic rings. The maximum absolute atomic E-state index is 13.1. The Morgan fingerprint density at radius 1 is 0.846 bits per heavy atom. The fourth-order valence-corrected chi connectivity index (χ4v) is 4.04. The standard InChI is InChI=1S/C25H39N5O8S/c1-39-13-11-19(28-22(34)17(27)4-2-3-12-26)24(36)29-18(9-10-21(32)33)23(35)30-20(25(37)38)14-15-5-7-16(31)8-6-15/h5-8,17-20,31H,2-4,9-14,26-27H2,1H3,(H,28,34)(H,29,36)(H,30,35)(H,32,33)(H,37,38). The van der Waals surface area contributed by atoms with Gasteiger partial charge in [0.1, 0.15) is 23.9 Å². The summed E-state index contributed by atoms with van der Waals surface area (Å²) in [5.41, 5.74) is 11.9. The minimum Gasteiger partial charge on any atom is -0.508 e. The molecule has 0 fully saturated rings. The molecule has 0 bridgehead atoms. The topological polar surface area (TPSA) is 234 Å². The van der Waals surface area contributed by atoms with Crippen molar-refractivity contribution in [2.75, 3.05) is 18.6 Å². The molecule has 0 spiro atoms. The number of nitrogens with one attached hydrogen (secondary N) is 3. The molecular weight excluding hydrogens is 530 g/mol. The first kappa shape index (κ1) is 33.7. The van der Waals surface area contributed by atoms with Crippen LogP contribution in [0.25, 0.3) is 0 Å². The molecule has 1 aromatic carbocycles. The molecule has 1 rings (SSSR count). The van der Waals surface area contributed by atoms with Crippen LogP contribution in [0, 0.1) is 0 Å². The highest BCUT2D eigenvalue weighted by Crippen LogP contribution is 2.12. The number of hydrogen-bond donors (Lipinski definition) is 8. The first-order valence-corrected chi connectivity index (χ1v) is 14.0. The Balaban J connectivity index is 2.99. The second-order valence-corrected chi connectivity index (χ2v) is 9.98. The number of carboxylic acids is 2. The van der Waals surface area contributed by atoms with Crippen molar-refractivity contribution in [2.45, 2.75) is 69.1 Å².